The lowest BCUT2D eigenvalue weighted by Crippen LogP contribution is -2.18. The highest BCUT2D eigenvalue weighted by Crippen LogP contribution is 1.99. The monoisotopic (exact) mass is 256 g/mol. The Labute approximate surface area is 75.7 Å². The van der Waals surface area contributed by atoms with Crippen LogP contribution < -0.4 is 0 Å². The van der Waals surface area contributed by atoms with Crippen molar-refractivity contribution in [1.82, 2.24) is 0 Å². The Kier molecular flexibility index (Phi) is 7.79. The van der Waals surface area contributed by atoms with E-state index in [1.807, 2.05) is 6.92 Å². The van der Waals surface area contributed by atoms with Crippen LogP contribution in [-0.2, 0) is 9.47 Å². The van der Waals surface area contributed by atoms with E-state index in [-0.39, 0.29) is 6.29 Å². The summed E-state index contributed by atoms with van der Waals surface area (Å²) in [6.07, 6.45) is 1.65. The average molecular weight is 256 g/mol. The van der Waals surface area contributed by atoms with Crippen LogP contribution in [0.25, 0.3) is 0 Å². The first-order valence-corrected chi connectivity index (χ1v) is 4.77. The van der Waals surface area contributed by atoms with Gasteiger partial charge < -0.3 is 9.47 Å². The molecule has 0 unspecified atom stereocenters. The lowest BCUT2D eigenvalue weighted by atomic mass is 10.6. The Hall–Kier alpha value is 0.390. The first-order chi connectivity index (χ1) is 4.85. The highest BCUT2D eigenvalue weighted by Gasteiger charge is 2.03. The molecule has 0 N–H and O–H groups in total. The molecule has 0 aromatic rings. The van der Waals surface area contributed by atoms with Crippen molar-refractivity contribution >= 4 is 22.6 Å². The molecule has 0 rings (SSSR count). The molecule has 0 bridgehead atoms. The molecule has 0 saturated carbocycles. The third-order valence-electron chi connectivity index (χ3n) is 0.879. The summed E-state index contributed by atoms with van der Waals surface area (Å²) in [6, 6.07) is 0. The second-order valence-corrected chi connectivity index (χ2v) is 2.54. The number of rotatable bonds is 6. The fourth-order valence-electron chi connectivity index (χ4n) is 0.498. The first kappa shape index (κ1) is 10.4. The van der Waals surface area contributed by atoms with E-state index in [1.54, 1.807) is 6.08 Å². The summed E-state index contributed by atoms with van der Waals surface area (Å²) < 4.78 is 11.3. The molecule has 1 atom stereocenters. The minimum absolute atomic E-state index is 0.0661. The van der Waals surface area contributed by atoms with Crippen LogP contribution in [0.2, 0.25) is 0 Å². The molecule has 0 aromatic heterocycles. The van der Waals surface area contributed by atoms with Gasteiger partial charge in [-0.1, -0.05) is 28.7 Å². The van der Waals surface area contributed by atoms with Crippen molar-refractivity contribution in [2.75, 3.05) is 17.6 Å². The molecule has 0 aliphatic carbocycles. The van der Waals surface area contributed by atoms with Crippen molar-refractivity contribution in [2.24, 2.45) is 0 Å². The van der Waals surface area contributed by atoms with Crippen LogP contribution in [0.3, 0.4) is 0 Å². The van der Waals surface area contributed by atoms with Crippen LogP contribution in [0.1, 0.15) is 6.92 Å². The summed E-state index contributed by atoms with van der Waals surface area (Å²) in [4.78, 5) is 0. The molecule has 0 amide bonds. The van der Waals surface area contributed by atoms with Gasteiger partial charge in [0.2, 0.25) is 0 Å². The molecule has 60 valence electrons. The molecular formula is C7H13IO2. The third kappa shape index (κ3) is 5.20. The van der Waals surface area contributed by atoms with E-state index in [0.717, 1.165) is 4.43 Å². The fraction of sp³-hybridized carbons (Fsp3) is 0.714. The lowest BCUT2D eigenvalue weighted by Gasteiger charge is -2.13. The van der Waals surface area contributed by atoms with Gasteiger partial charge in [0, 0.05) is 6.61 Å². The van der Waals surface area contributed by atoms with Gasteiger partial charge in [0.05, 0.1) is 11.0 Å². The molecule has 0 aliphatic heterocycles. The Morgan fingerprint density at radius 1 is 1.60 bits per heavy atom. The van der Waals surface area contributed by atoms with Crippen LogP contribution >= 0.6 is 22.6 Å². The van der Waals surface area contributed by atoms with Crippen LogP contribution in [-0.4, -0.2) is 23.9 Å². The van der Waals surface area contributed by atoms with E-state index in [0.29, 0.717) is 13.2 Å². The summed E-state index contributed by atoms with van der Waals surface area (Å²) in [5.74, 6) is 0. The van der Waals surface area contributed by atoms with Gasteiger partial charge in [0.15, 0.2) is 6.29 Å². The molecular weight excluding hydrogens is 243 g/mol. The van der Waals surface area contributed by atoms with Gasteiger partial charge in [-0.2, -0.15) is 0 Å². The number of hydrogen-bond donors (Lipinski definition) is 0. The van der Waals surface area contributed by atoms with Crippen LogP contribution in [0, 0.1) is 0 Å². The highest BCUT2D eigenvalue weighted by atomic mass is 127. The third-order valence-corrected chi connectivity index (χ3v) is 1.60. The molecule has 2 nitrogen and oxygen atoms in total. The predicted molar refractivity (Wildman–Crippen MR) is 50.5 cm³/mol. The van der Waals surface area contributed by atoms with E-state index in [2.05, 4.69) is 29.2 Å². The van der Waals surface area contributed by atoms with E-state index in [9.17, 15) is 0 Å². The van der Waals surface area contributed by atoms with Gasteiger partial charge in [-0.05, 0) is 6.92 Å². The summed E-state index contributed by atoms with van der Waals surface area (Å²) in [7, 11) is 0. The molecule has 0 aliphatic rings. The zero-order valence-corrected chi connectivity index (χ0v) is 8.34. The SMILES string of the molecule is C=CCO[C@@H](CI)OCC. The average Bonchev–Trinajstić information content (AvgIpc) is 1.98. The van der Waals surface area contributed by atoms with Crippen LogP contribution in [0.5, 0.6) is 0 Å². The number of alkyl halides is 1. The van der Waals surface area contributed by atoms with Crippen molar-refractivity contribution in [3.05, 3.63) is 12.7 Å². The molecule has 0 saturated heterocycles. The maximum absolute atomic E-state index is 5.23. The highest BCUT2D eigenvalue weighted by molar-refractivity contribution is 14.1. The lowest BCUT2D eigenvalue weighted by molar-refractivity contribution is -0.113. The van der Waals surface area contributed by atoms with E-state index >= 15 is 0 Å². The van der Waals surface area contributed by atoms with Gasteiger partial charge in [-0.15, -0.1) is 6.58 Å². The number of halogens is 1. The smallest absolute Gasteiger partial charge is 0.166 e. The van der Waals surface area contributed by atoms with Crippen molar-refractivity contribution in [2.45, 2.75) is 13.2 Å². The van der Waals surface area contributed by atoms with Crippen molar-refractivity contribution in [1.29, 1.82) is 0 Å². The Balaban J connectivity index is 3.29. The Bertz CT molecular complexity index is 85.7. The van der Waals surface area contributed by atoms with Crippen molar-refractivity contribution < 1.29 is 9.47 Å². The standard InChI is InChI=1S/C7H13IO2/c1-3-5-10-7(6-8)9-4-2/h3,7H,1,4-6H2,2H3/t7-/m0/s1. The van der Waals surface area contributed by atoms with E-state index < -0.39 is 0 Å². The number of ether oxygens (including phenoxy) is 2. The first-order valence-electron chi connectivity index (χ1n) is 3.25. The molecule has 3 heteroatoms. The minimum atomic E-state index is -0.0661. The van der Waals surface area contributed by atoms with Crippen LogP contribution in [0.15, 0.2) is 12.7 Å². The zero-order chi connectivity index (χ0) is 7.82. The molecule has 0 aromatic carbocycles. The maximum atomic E-state index is 5.23. The molecule has 0 spiro atoms. The van der Waals surface area contributed by atoms with Gasteiger partial charge in [0.1, 0.15) is 0 Å². The van der Waals surface area contributed by atoms with Crippen LogP contribution in [0.4, 0.5) is 0 Å². The topological polar surface area (TPSA) is 18.5 Å². The minimum Gasteiger partial charge on any atom is -0.352 e. The van der Waals surface area contributed by atoms with Crippen molar-refractivity contribution in [3.63, 3.8) is 0 Å². The summed E-state index contributed by atoms with van der Waals surface area (Å²) >= 11 is 2.23. The molecule has 0 fully saturated rings. The number of hydrogen-bond acceptors (Lipinski definition) is 2. The predicted octanol–water partition coefficient (Wildman–Crippen LogP) is 1.99. The zero-order valence-electron chi connectivity index (χ0n) is 6.18. The maximum Gasteiger partial charge on any atom is 0.166 e. The summed E-state index contributed by atoms with van der Waals surface area (Å²) in [5, 5.41) is 0. The van der Waals surface area contributed by atoms with Gasteiger partial charge in [0.25, 0.3) is 0 Å². The fourth-order valence-corrected chi connectivity index (χ4v) is 1.01. The largest absolute Gasteiger partial charge is 0.352 e. The second-order valence-electron chi connectivity index (χ2n) is 1.66. The van der Waals surface area contributed by atoms with E-state index in [1.165, 1.54) is 0 Å². The Morgan fingerprint density at radius 2 is 2.30 bits per heavy atom. The van der Waals surface area contributed by atoms with Gasteiger partial charge in [-0.3, -0.25) is 0 Å². The Morgan fingerprint density at radius 3 is 2.70 bits per heavy atom. The summed E-state index contributed by atoms with van der Waals surface area (Å²) in [5.41, 5.74) is 0. The normalized spacial score (nSPS) is 13.0. The molecule has 10 heavy (non-hydrogen) atoms. The van der Waals surface area contributed by atoms with Crippen molar-refractivity contribution in [3.8, 4) is 0 Å². The molecule has 0 radical (unpaired) electrons. The molecule has 0 heterocycles. The second kappa shape index (κ2) is 7.50. The van der Waals surface area contributed by atoms with Gasteiger partial charge >= 0.3 is 0 Å². The van der Waals surface area contributed by atoms with Gasteiger partial charge in [-0.25, -0.2) is 0 Å². The van der Waals surface area contributed by atoms with E-state index in [4.69, 9.17) is 9.47 Å². The summed E-state index contributed by atoms with van der Waals surface area (Å²) in [6.45, 7) is 6.76. The quantitative estimate of drug-likeness (QED) is 0.313.